The third-order valence-electron chi connectivity index (χ3n) is 4.61. The lowest BCUT2D eigenvalue weighted by Crippen LogP contribution is -2.45. The van der Waals surface area contributed by atoms with E-state index in [1.54, 1.807) is 0 Å². The minimum absolute atomic E-state index is 0.220. The second-order valence-corrected chi connectivity index (χ2v) is 7.83. The van der Waals surface area contributed by atoms with Gasteiger partial charge in [-0.1, -0.05) is 49.1 Å². The summed E-state index contributed by atoms with van der Waals surface area (Å²) in [6.07, 6.45) is 8.21. The average molecular weight is 273 g/mol. The lowest BCUT2D eigenvalue weighted by Gasteiger charge is -2.40. The normalized spacial score (nSPS) is 19.0. The highest BCUT2D eigenvalue weighted by Gasteiger charge is 2.33. The lowest BCUT2D eigenvalue weighted by atomic mass is 9.70. The van der Waals surface area contributed by atoms with Gasteiger partial charge in [-0.15, -0.1) is 0 Å². The molecule has 1 heteroatoms. The van der Waals surface area contributed by atoms with Gasteiger partial charge in [0.25, 0.3) is 0 Å². The Bertz CT molecular complexity index is 404. The highest BCUT2D eigenvalue weighted by Crippen LogP contribution is 2.39. The molecule has 0 atom stereocenters. The van der Waals surface area contributed by atoms with Crippen molar-refractivity contribution in [2.75, 3.05) is 6.54 Å². The number of aryl methyl sites for hydroxylation is 1. The molecular formula is C19H31N. The molecule has 0 heterocycles. The summed E-state index contributed by atoms with van der Waals surface area (Å²) in [5, 5.41) is 3.76. The molecule has 1 aliphatic rings. The van der Waals surface area contributed by atoms with Gasteiger partial charge in [0.1, 0.15) is 0 Å². The molecule has 0 radical (unpaired) electrons. The first-order valence-electron chi connectivity index (χ1n) is 8.19. The van der Waals surface area contributed by atoms with Crippen LogP contribution < -0.4 is 5.32 Å². The molecule has 20 heavy (non-hydrogen) atoms. The van der Waals surface area contributed by atoms with Crippen molar-refractivity contribution in [3.63, 3.8) is 0 Å². The van der Waals surface area contributed by atoms with Crippen LogP contribution in [0.25, 0.3) is 0 Å². The molecule has 0 bridgehead atoms. The van der Waals surface area contributed by atoms with Crippen LogP contribution >= 0.6 is 0 Å². The molecule has 1 aromatic carbocycles. The van der Waals surface area contributed by atoms with Crippen molar-refractivity contribution >= 4 is 0 Å². The van der Waals surface area contributed by atoms with E-state index in [1.807, 2.05) is 0 Å². The summed E-state index contributed by atoms with van der Waals surface area (Å²) in [6, 6.07) is 9.15. The van der Waals surface area contributed by atoms with Crippen LogP contribution in [-0.2, 0) is 6.42 Å². The van der Waals surface area contributed by atoms with Crippen LogP contribution in [0.4, 0.5) is 0 Å². The first kappa shape index (κ1) is 15.6. The predicted octanol–water partition coefficient (Wildman–Crippen LogP) is 4.88. The van der Waals surface area contributed by atoms with Gasteiger partial charge >= 0.3 is 0 Å². The van der Waals surface area contributed by atoms with Crippen LogP contribution in [0.5, 0.6) is 0 Å². The third kappa shape index (κ3) is 4.63. The summed E-state index contributed by atoms with van der Waals surface area (Å²) in [4.78, 5) is 0. The smallest absolute Gasteiger partial charge is 0.00967 e. The van der Waals surface area contributed by atoms with Crippen molar-refractivity contribution in [3.8, 4) is 0 Å². The van der Waals surface area contributed by atoms with E-state index in [0.717, 1.165) is 6.54 Å². The minimum atomic E-state index is 0.220. The molecule has 1 aliphatic carbocycles. The Kier molecular flexibility index (Phi) is 4.90. The van der Waals surface area contributed by atoms with E-state index >= 15 is 0 Å². The van der Waals surface area contributed by atoms with E-state index in [4.69, 9.17) is 0 Å². The number of rotatable bonds is 4. The standard InChI is InChI=1S/C19H31N/c1-16-8-10-17(11-9-16)14-19(12-6-5-7-13-19)15-20-18(2,3)4/h8-11,20H,5-7,12-15H2,1-4H3. The Morgan fingerprint density at radius 2 is 1.60 bits per heavy atom. The molecule has 1 N–H and O–H groups in total. The molecule has 0 spiro atoms. The molecule has 1 aromatic rings. The largest absolute Gasteiger partial charge is 0.312 e. The fraction of sp³-hybridized carbons (Fsp3) is 0.684. The Morgan fingerprint density at radius 3 is 2.15 bits per heavy atom. The van der Waals surface area contributed by atoms with Crippen LogP contribution in [0.15, 0.2) is 24.3 Å². The van der Waals surface area contributed by atoms with Gasteiger partial charge in [-0.2, -0.15) is 0 Å². The van der Waals surface area contributed by atoms with E-state index in [0.29, 0.717) is 5.41 Å². The van der Waals surface area contributed by atoms with Gasteiger partial charge in [-0.05, 0) is 57.9 Å². The van der Waals surface area contributed by atoms with Gasteiger partial charge in [-0.25, -0.2) is 0 Å². The molecule has 0 aliphatic heterocycles. The Morgan fingerprint density at radius 1 is 1.00 bits per heavy atom. The number of hydrogen-bond donors (Lipinski definition) is 1. The lowest BCUT2D eigenvalue weighted by molar-refractivity contribution is 0.165. The summed E-state index contributed by atoms with van der Waals surface area (Å²) in [5.74, 6) is 0. The maximum atomic E-state index is 3.76. The monoisotopic (exact) mass is 273 g/mol. The SMILES string of the molecule is Cc1ccc(CC2(CNC(C)(C)C)CCCCC2)cc1. The molecule has 2 rings (SSSR count). The fourth-order valence-electron chi connectivity index (χ4n) is 3.31. The second kappa shape index (κ2) is 6.30. The number of nitrogens with one attached hydrogen (secondary N) is 1. The van der Waals surface area contributed by atoms with Crippen molar-refractivity contribution in [1.82, 2.24) is 5.32 Å². The number of benzene rings is 1. The predicted molar refractivity (Wildman–Crippen MR) is 88.2 cm³/mol. The van der Waals surface area contributed by atoms with Crippen molar-refractivity contribution in [2.24, 2.45) is 5.41 Å². The first-order chi connectivity index (χ1) is 9.39. The van der Waals surface area contributed by atoms with Crippen LogP contribution in [0, 0.1) is 12.3 Å². The van der Waals surface area contributed by atoms with Crippen molar-refractivity contribution < 1.29 is 0 Å². The maximum Gasteiger partial charge on any atom is 0.00967 e. The van der Waals surface area contributed by atoms with E-state index in [-0.39, 0.29) is 5.54 Å². The molecule has 1 nitrogen and oxygen atoms in total. The second-order valence-electron chi connectivity index (χ2n) is 7.83. The van der Waals surface area contributed by atoms with E-state index in [1.165, 1.54) is 49.7 Å². The summed E-state index contributed by atoms with van der Waals surface area (Å²) in [5.41, 5.74) is 3.56. The van der Waals surface area contributed by atoms with Crippen molar-refractivity contribution in [2.45, 2.75) is 71.8 Å². The average Bonchev–Trinajstić information content (AvgIpc) is 2.40. The summed E-state index contributed by atoms with van der Waals surface area (Å²) in [7, 11) is 0. The van der Waals surface area contributed by atoms with Gasteiger partial charge in [0.2, 0.25) is 0 Å². The molecule has 0 amide bonds. The van der Waals surface area contributed by atoms with Crippen molar-refractivity contribution in [1.29, 1.82) is 0 Å². The van der Waals surface area contributed by atoms with Gasteiger partial charge in [0.05, 0.1) is 0 Å². The molecule has 112 valence electrons. The van der Waals surface area contributed by atoms with Crippen LogP contribution in [0.3, 0.4) is 0 Å². The molecule has 1 fully saturated rings. The molecule has 1 saturated carbocycles. The van der Waals surface area contributed by atoms with E-state index < -0.39 is 0 Å². The van der Waals surface area contributed by atoms with Gasteiger partial charge in [0.15, 0.2) is 0 Å². The molecular weight excluding hydrogens is 242 g/mol. The Labute approximate surface area is 125 Å². The minimum Gasteiger partial charge on any atom is -0.312 e. The van der Waals surface area contributed by atoms with E-state index in [9.17, 15) is 0 Å². The highest BCUT2D eigenvalue weighted by atomic mass is 15.0. The molecule has 0 saturated heterocycles. The first-order valence-corrected chi connectivity index (χ1v) is 8.19. The summed E-state index contributed by atoms with van der Waals surface area (Å²) >= 11 is 0. The summed E-state index contributed by atoms with van der Waals surface area (Å²) < 4.78 is 0. The zero-order chi connectivity index (χ0) is 14.6. The zero-order valence-electron chi connectivity index (χ0n) is 13.8. The third-order valence-corrected chi connectivity index (χ3v) is 4.61. The Balaban J connectivity index is 2.08. The van der Waals surface area contributed by atoms with Gasteiger partial charge < -0.3 is 5.32 Å². The molecule has 0 aromatic heterocycles. The zero-order valence-corrected chi connectivity index (χ0v) is 13.8. The fourth-order valence-corrected chi connectivity index (χ4v) is 3.31. The van der Waals surface area contributed by atoms with Crippen LogP contribution in [0.1, 0.15) is 64.0 Å². The van der Waals surface area contributed by atoms with Crippen LogP contribution in [0.2, 0.25) is 0 Å². The molecule has 0 unspecified atom stereocenters. The number of hydrogen-bond acceptors (Lipinski definition) is 1. The quantitative estimate of drug-likeness (QED) is 0.824. The highest BCUT2D eigenvalue weighted by molar-refractivity contribution is 5.22. The van der Waals surface area contributed by atoms with Gasteiger partial charge in [-0.3, -0.25) is 0 Å². The van der Waals surface area contributed by atoms with Gasteiger partial charge in [0, 0.05) is 12.1 Å². The Hall–Kier alpha value is -0.820. The van der Waals surface area contributed by atoms with E-state index in [2.05, 4.69) is 57.3 Å². The summed E-state index contributed by atoms with van der Waals surface area (Å²) in [6.45, 7) is 10.1. The van der Waals surface area contributed by atoms with Crippen molar-refractivity contribution in [3.05, 3.63) is 35.4 Å². The topological polar surface area (TPSA) is 12.0 Å². The maximum absolute atomic E-state index is 3.76. The van der Waals surface area contributed by atoms with Crippen LogP contribution in [-0.4, -0.2) is 12.1 Å².